The lowest BCUT2D eigenvalue weighted by Gasteiger charge is -2.26. The van der Waals surface area contributed by atoms with Crippen molar-refractivity contribution in [3.63, 3.8) is 0 Å². The van der Waals surface area contributed by atoms with E-state index in [1.54, 1.807) is 0 Å². The van der Waals surface area contributed by atoms with Gasteiger partial charge in [-0.25, -0.2) is 0 Å². The number of alkyl halides is 3. The molecule has 2 rings (SSSR count). The van der Waals surface area contributed by atoms with Gasteiger partial charge in [-0.2, -0.15) is 13.2 Å². The molecule has 80 valence electrons. The van der Waals surface area contributed by atoms with Gasteiger partial charge in [-0.15, -0.1) is 0 Å². The van der Waals surface area contributed by atoms with E-state index in [1.165, 1.54) is 24.3 Å². The van der Waals surface area contributed by atoms with Crippen molar-refractivity contribution in [2.24, 2.45) is 0 Å². The minimum Gasteiger partial charge on any atom is -0.356 e. The second kappa shape index (κ2) is 3.34. The highest BCUT2D eigenvalue weighted by molar-refractivity contribution is 5.99. The quantitative estimate of drug-likeness (QED) is 0.666. The van der Waals surface area contributed by atoms with Gasteiger partial charge in [-0.05, 0) is 0 Å². The topological polar surface area (TPSA) is 26.3 Å². The van der Waals surface area contributed by atoms with E-state index in [2.05, 4.69) is 4.74 Å². The zero-order chi connectivity index (χ0) is 11.1. The van der Waals surface area contributed by atoms with Gasteiger partial charge < -0.3 is 4.74 Å². The van der Waals surface area contributed by atoms with Gasteiger partial charge in [0.25, 0.3) is 0 Å². The Labute approximate surface area is 83.7 Å². The van der Waals surface area contributed by atoms with Crippen molar-refractivity contribution < 1.29 is 22.7 Å². The molecule has 1 unspecified atom stereocenters. The Morgan fingerprint density at radius 2 is 1.93 bits per heavy atom. The molecule has 1 aliphatic heterocycles. The zero-order valence-electron chi connectivity index (χ0n) is 7.54. The minimum atomic E-state index is -4.48. The second-order valence-electron chi connectivity index (χ2n) is 3.24. The second-order valence-corrected chi connectivity index (χ2v) is 3.24. The maximum absolute atomic E-state index is 12.5. The summed E-state index contributed by atoms with van der Waals surface area (Å²) in [6, 6.07) is 5.65. The number of fused-ring (bicyclic) bond motifs is 1. The molecule has 0 radical (unpaired) electrons. The SMILES string of the molecule is O=C1COC(C(F)(F)F)c2ccccc21. The van der Waals surface area contributed by atoms with Gasteiger partial charge in [-0.3, -0.25) is 4.79 Å². The first-order chi connectivity index (χ1) is 7.00. The lowest BCUT2D eigenvalue weighted by Crippen LogP contribution is -2.31. The first-order valence-electron chi connectivity index (χ1n) is 4.30. The van der Waals surface area contributed by atoms with E-state index in [4.69, 9.17) is 0 Å². The molecule has 1 aliphatic rings. The van der Waals surface area contributed by atoms with Gasteiger partial charge in [0.2, 0.25) is 0 Å². The van der Waals surface area contributed by atoms with Crippen molar-refractivity contribution >= 4 is 5.78 Å². The molecule has 0 aliphatic carbocycles. The highest BCUT2D eigenvalue weighted by Gasteiger charge is 2.45. The van der Waals surface area contributed by atoms with Gasteiger partial charge in [0.15, 0.2) is 11.9 Å². The third kappa shape index (κ3) is 1.74. The maximum Gasteiger partial charge on any atom is 0.418 e. The predicted molar refractivity (Wildman–Crippen MR) is 45.5 cm³/mol. The summed E-state index contributed by atoms with van der Waals surface area (Å²) >= 11 is 0. The molecule has 0 fully saturated rings. The molecule has 5 heteroatoms. The molecular weight excluding hydrogens is 209 g/mol. The Morgan fingerprint density at radius 3 is 2.60 bits per heavy atom. The van der Waals surface area contributed by atoms with E-state index in [-0.39, 0.29) is 11.1 Å². The predicted octanol–water partition coefficient (Wildman–Crippen LogP) is 2.50. The van der Waals surface area contributed by atoms with Crippen molar-refractivity contribution in [2.75, 3.05) is 6.61 Å². The lowest BCUT2D eigenvalue weighted by molar-refractivity contribution is -0.222. The molecule has 2 nitrogen and oxygen atoms in total. The smallest absolute Gasteiger partial charge is 0.356 e. The normalized spacial score (nSPS) is 21.3. The molecule has 1 heterocycles. The van der Waals surface area contributed by atoms with Crippen molar-refractivity contribution in [1.82, 2.24) is 0 Å². The largest absolute Gasteiger partial charge is 0.418 e. The van der Waals surface area contributed by atoms with Gasteiger partial charge in [0, 0.05) is 11.1 Å². The number of hydrogen-bond acceptors (Lipinski definition) is 2. The molecular formula is C10H7F3O2. The van der Waals surface area contributed by atoms with Crippen LogP contribution >= 0.6 is 0 Å². The number of ketones is 1. The van der Waals surface area contributed by atoms with Crippen LogP contribution in [0, 0.1) is 0 Å². The first-order valence-corrected chi connectivity index (χ1v) is 4.30. The van der Waals surface area contributed by atoms with Crippen LogP contribution in [0.2, 0.25) is 0 Å². The summed E-state index contributed by atoms with van der Waals surface area (Å²) in [5, 5.41) is 0. The fourth-order valence-corrected chi connectivity index (χ4v) is 1.58. The number of halogens is 3. The summed E-state index contributed by atoms with van der Waals surface area (Å²) < 4.78 is 42.0. The number of ether oxygens (including phenoxy) is 1. The standard InChI is InChI=1S/C10H7F3O2/c11-10(12,13)9-7-4-2-1-3-6(7)8(14)5-15-9/h1-4,9H,5H2. The Kier molecular flexibility index (Phi) is 2.26. The van der Waals surface area contributed by atoms with Gasteiger partial charge in [0.05, 0.1) is 0 Å². The Balaban J connectivity index is 2.50. The Morgan fingerprint density at radius 1 is 1.27 bits per heavy atom. The van der Waals surface area contributed by atoms with Crippen molar-refractivity contribution in [2.45, 2.75) is 12.3 Å². The summed E-state index contributed by atoms with van der Waals surface area (Å²) in [6.07, 6.45) is -6.46. The van der Waals surface area contributed by atoms with Crippen LogP contribution in [0.1, 0.15) is 22.0 Å². The van der Waals surface area contributed by atoms with E-state index in [0.29, 0.717) is 0 Å². The molecule has 1 aromatic rings. The maximum atomic E-state index is 12.5. The summed E-state index contributed by atoms with van der Waals surface area (Å²) in [4.78, 5) is 11.3. The highest BCUT2D eigenvalue weighted by Crippen LogP contribution is 2.39. The van der Waals surface area contributed by atoms with E-state index < -0.39 is 24.7 Å². The van der Waals surface area contributed by atoms with Crippen LogP contribution in [0.15, 0.2) is 24.3 Å². The van der Waals surface area contributed by atoms with Crippen LogP contribution < -0.4 is 0 Å². The lowest BCUT2D eigenvalue weighted by atomic mass is 9.96. The number of carbonyl (C=O) groups excluding carboxylic acids is 1. The summed E-state index contributed by atoms with van der Waals surface area (Å²) in [6.45, 7) is -0.513. The number of carbonyl (C=O) groups is 1. The molecule has 0 aromatic heterocycles. The fraction of sp³-hybridized carbons (Fsp3) is 0.300. The zero-order valence-corrected chi connectivity index (χ0v) is 7.54. The number of benzene rings is 1. The van der Waals surface area contributed by atoms with Crippen LogP contribution in [0.4, 0.5) is 13.2 Å². The molecule has 0 N–H and O–H groups in total. The molecule has 15 heavy (non-hydrogen) atoms. The average Bonchev–Trinajstić information content (AvgIpc) is 2.17. The number of Topliss-reactive ketones (excluding diaryl/α,β-unsaturated/α-hetero) is 1. The van der Waals surface area contributed by atoms with Crippen molar-refractivity contribution in [3.05, 3.63) is 35.4 Å². The van der Waals surface area contributed by atoms with Crippen molar-refractivity contribution in [3.8, 4) is 0 Å². The van der Waals surface area contributed by atoms with E-state index in [1.807, 2.05) is 0 Å². The first kappa shape index (κ1) is 10.2. The molecule has 1 atom stereocenters. The van der Waals surface area contributed by atoms with E-state index in [0.717, 1.165) is 0 Å². The number of rotatable bonds is 0. The van der Waals surface area contributed by atoms with Crippen LogP contribution in [-0.2, 0) is 4.74 Å². The van der Waals surface area contributed by atoms with E-state index >= 15 is 0 Å². The van der Waals surface area contributed by atoms with E-state index in [9.17, 15) is 18.0 Å². The molecule has 0 bridgehead atoms. The molecule has 0 spiro atoms. The average molecular weight is 216 g/mol. The van der Waals surface area contributed by atoms with Crippen molar-refractivity contribution in [1.29, 1.82) is 0 Å². The monoisotopic (exact) mass is 216 g/mol. The Hall–Kier alpha value is -1.36. The van der Waals surface area contributed by atoms with Gasteiger partial charge in [-0.1, -0.05) is 24.3 Å². The van der Waals surface area contributed by atoms with Crippen LogP contribution in [0.3, 0.4) is 0 Å². The third-order valence-corrected chi connectivity index (χ3v) is 2.22. The molecule has 0 saturated heterocycles. The molecule has 1 aromatic carbocycles. The minimum absolute atomic E-state index is 0.0961. The van der Waals surface area contributed by atoms with Crippen LogP contribution in [0.5, 0.6) is 0 Å². The number of hydrogen-bond donors (Lipinski definition) is 0. The Bertz CT molecular complexity index is 398. The summed E-state index contributed by atoms with van der Waals surface area (Å²) in [5.41, 5.74) is 0.00678. The van der Waals surface area contributed by atoms with Crippen LogP contribution in [-0.4, -0.2) is 18.6 Å². The van der Waals surface area contributed by atoms with Gasteiger partial charge in [0.1, 0.15) is 6.61 Å². The third-order valence-electron chi connectivity index (χ3n) is 2.22. The fourth-order valence-electron chi connectivity index (χ4n) is 1.58. The highest BCUT2D eigenvalue weighted by atomic mass is 19.4. The molecule has 0 amide bonds. The molecule has 0 saturated carbocycles. The van der Waals surface area contributed by atoms with Crippen LogP contribution in [0.25, 0.3) is 0 Å². The van der Waals surface area contributed by atoms with Gasteiger partial charge >= 0.3 is 6.18 Å². The summed E-state index contributed by atoms with van der Waals surface area (Å²) in [5.74, 6) is -0.411. The summed E-state index contributed by atoms with van der Waals surface area (Å²) in [7, 11) is 0.